The molecule has 0 saturated carbocycles. The molecule has 0 spiro atoms. The van der Waals surface area contributed by atoms with Crippen LogP contribution >= 0.6 is 0 Å². The van der Waals surface area contributed by atoms with E-state index < -0.39 is 22.8 Å². The lowest BCUT2D eigenvalue weighted by atomic mass is 10.1. The Morgan fingerprint density at radius 2 is 2.08 bits per heavy atom. The van der Waals surface area contributed by atoms with Crippen molar-refractivity contribution in [3.63, 3.8) is 0 Å². The van der Waals surface area contributed by atoms with Crippen molar-refractivity contribution in [1.82, 2.24) is 5.32 Å². The number of aliphatic carboxylic acids is 1. The second kappa shape index (κ2) is 7.73. The van der Waals surface area contributed by atoms with Crippen LogP contribution in [0.2, 0.25) is 0 Å². The molecule has 1 aliphatic rings. The molecule has 0 bridgehead atoms. The molecular weight excluding hydrogens is 318 g/mol. The van der Waals surface area contributed by atoms with Crippen molar-refractivity contribution in [1.29, 1.82) is 0 Å². The van der Waals surface area contributed by atoms with E-state index in [0.717, 1.165) is 0 Å². The molecule has 0 radical (unpaired) electrons. The second-order valence-corrected chi connectivity index (χ2v) is 5.33. The average molecular weight is 337 g/mol. The van der Waals surface area contributed by atoms with E-state index in [1.165, 1.54) is 18.2 Å². The number of nitro benzene ring substituents is 1. The number of carbonyl (C=O) groups is 2. The maximum absolute atomic E-state index is 12.2. The fourth-order valence-corrected chi connectivity index (χ4v) is 2.46. The highest BCUT2D eigenvalue weighted by Gasteiger charge is 2.25. The van der Waals surface area contributed by atoms with Crippen LogP contribution in [-0.2, 0) is 9.53 Å². The van der Waals surface area contributed by atoms with E-state index in [-0.39, 0.29) is 17.7 Å². The monoisotopic (exact) mass is 337 g/mol. The minimum absolute atomic E-state index is 0.0541. The van der Waals surface area contributed by atoms with Gasteiger partial charge >= 0.3 is 5.97 Å². The fraction of sp³-hybridized carbons (Fsp3) is 0.467. The number of rotatable bonds is 6. The molecular formula is C15H19N3O6. The Morgan fingerprint density at radius 3 is 2.62 bits per heavy atom. The normalized spacial score (nSPS) is 15.6. The summed E-state index contributed by atoms with van der Waals surface area (Å²) in [6.45, 7) is 3.65. The summed E-state index contributed by atoms with van der Waals surface area (Å²) in [6.07, 6.45) is 0.217. The number of nitrogens with zero attached hydrogens (tertiary/aromatic N) is 2. The lowest BCUT2D eigenvalue weighted by Gasteiger charge is -2.28. The van der Waals surface area contributed by atoms with Gasteiger partial charge in [-0.15, -0.1) is 0 Å². The van der Waals surface area contributed by atoms with Crippen LogP contribution < -0.4 is 10.2 Å². The third kappa shape index (κ3) is 3.99. The smallest absolute Gasteiger partial charge is 0.326 e. The van der Waals surface area contributed by atoms with Gasteiger partial charge in [0.05, 0.1) is 18.1 Å². The third-order valence-corrected chi connectivity index (χ3v) is 3.80. The molecule has 1 heterocycles. The van der Waals surface area contributed by atoms with E-state index in [9.17, 15) is 19.7 Å². The van der Waals surface area contributed by atoms with E-state index >= 15 is 0 Å². The van der Waals surface area contributed by atoms with Gasteiger partial charge in [0, 0.05) is 24.7 Å². The molecule has 1 aliphatic heterocycles. The van der Waals surface area contributed by atoms with Crippen molar-refractivity contribution >= 4 is 23.3 Å². The first-order valence-electron chi connectivity index (χ1n) is 7.58. The van der Waals surface area contributed by atoms with Gasteiger partial charge in [-0.1, -0.05) is 6.92 Å². The van der Waals surface area contributed by atoms with Crippen molar-refractivity contribution in [3.05, 3.63) is 33.9 Å². The highest BCUT2D eigenvalue weighted by Crippen LogP contribution is 2.29. The molecule has 1 unspecified atom stereocenters. The summed E-state index contributed by atoms with van der Waals surface area (Å²) in [4.78, 5) is 35.8. The Morgan fingerprint density at radius 1 is 1.42 bits per heavy atom. The van der Waals surface area contributed by atoms with Gasteiger partial charge in [-0.25, -0.2) is 4.79 Å². The molecule has 0 aliphatic carbocycles. The van der Waals surface area contributed by atoms with Crippen LogP contribution in [0.4, 0.5) is 11.4 Å². The van der Waals surface area contributed by atoms with Gasteiger partial charge in [0.2, 0.25) is 0 Å². The van der Waals surface area contributed by atoms with Crippen molar-refractivity contribution in [2.45, 2.75) is 19.4 Å². The number of ether oxygens (including phenoxy) is 1. The first-order chi connectivity index (χ1) is 11.4. The van der Waals surface area contributed by atoms with Crippen LogP contribution in [0.15, 0.2) is 18.2 Å². The second-order valence-electron chi connectivity index (χ2n) is 5.33. The zero-order valence-corrected chi connectivity index (χ0v) is 13.2. The van der Waals surface area contributed by atoms with E-state index in [4.69, 9.17) is 9.84 Å². The topological polar surface area (TPSA) is 122 Å². The Bertz CT molecular complexity index is 642. The highest BCUT2D eigenvalue weighted by molar-refractivity contribution is 5.97. The number of carboxylic acid groups (broad SMARTS) is 1. The molecule has 1 fully saturated rings. The molecule has 1 atom stereocenters. The number of anilines is 1. The Labute approximate surface area is 138 Å². The largest absolute Gasteiger partial charge is 0.480 e. The molecule has 9 nitrogen and oxygen atoms in total. The van der Waals surface area contributed by atoms with Crippen molar-refractivity contribution < 1.29 is 24.4 Å². The van der Waals surface area contributed by atoms with Gasteiger partial charge in [0.1, 0.15) is 11.7 Å². The molecule has 1 aromatic carbocycles. The molecule has 24 heavy (non-hydrogen) atoms. The molecule has 9 heteroatoms. The molecule has 0 aromatic heterocycles. The minimum Gasteiger partial charge on any atom is -0.480 e. The molecule has 1 amide bonds. The maximum Gasteiger partial charge on any atom is 0.326 e. The van der Waals surface area contributed by atoms with Crippen molar-refractivity contribution in [2.24, 2.45) is 0 Å². The van der Waals surface area contributed by atoms with Gasteiger partial charge in [-0.3, -0.25) is 14.9 Å². The standard InChI is InChI=1S/C15H19N3O6/c1-2-11(15(20)21)16-14(19)10-3-4-12(13(9-10)18(22)23)17-5-7-24-8-6-17/h3-4,9,11H,2,5-8H2,1H3,(H,16,19)(H,20,21). The number of hydrogen-bond donors (Lipinski definition) is 2. The predicted octanol–water partition coefficient (Wildman–Crippen LogP) is 1.02. The summed E-state index contributed by atoms with van der Waals surface area (Å²) in [5.74, 6) is -1.80. The zero-order valence-electron chi connectivity index (χ0n) is 13.2. The van der Waals surface area contributed by atoms with Crippen molar-refractivity contribution in [3.8, 4) is 0 Å². The van der Waals surface area contributed by atoms with E-state index in [1.807, 2.05) is 4.90 Å². The first-order valence-corrected chi connectivity index (χ1v) is 7.58. The molecule has 2 N–H and O–H groups in total. The Balaban J connectivity index is 2.26. The molecule has 130 valence electrons. The molecule has 1 saturated heterocycles. The Kier molecular flexibility index (Phi) is 5.69. The van der Waals surface area contributed by atoms with Crippen LogP contribution in [0.3, 0.4) is 0 Å². The van der Waals surface area contributed by atoms with E-state index in [0.29, 0.717) is 32.0 Å². The van der Waals surface area contributed by atoms with Crippen LogP contribution in [0.5, 0.6) is 0 Å². The lowest BCUT2D eigenvalue weighted by molar-refractivity contribution is -0.384. The molecule has 1 aromatic rings. The number of hydrogen-bond acceptors (Lipinski definition) is 6. The summed E-state index contributed by atoms with van der Waals surface area (Å²) in [5, 5.41) is 22.7. The number of amides is 1. The van der Waals surface area contributed by atoms with Gasteiger partial charge in [-0.05, 0) is 18.6 Å². The van der Waals surface area contributed by atoms with Gasteiger partial charge in [0.15, 0.2) is 0 Å². The number of morpholine rings is 1. The quantitative estimate of drug-likeness (QED) is 0.587. The number of nitrogens with one attached hydrogen (secondary N) is 1. The zero-order chi connectivity index (χ0) is 17.7. The molecule has 2 rings (SSSR count). The number of benzene rings is 1. The summed E-state index contributed by atoms with van der Waals surface area (Å²) in [7, 11) is 0. The first kappa shape index (κ1) is 17.7. The van der Waals surface area contributed by atoms with Gasteiger partial charge in [0.25, 0.3) is 11.6 Å². The Hall–Kier alpha value is -2.68. The van der Waals surface area contributed by atoms with Crippen molar-refractivity contribution in [2.75, 3.05) is 31.2 Å². The van der Waals surface area contributed by atoms with Crippen LogP contribution in [0.25, 0.3) is 0 Å². The summed E-state index contributed by atoms with van der Waals surface area (Å²) < 4.78 is 5.23. The summed E-state index contributed by atoms with van der Waals surface area (Å²) >= 11 is 0. The third-order valence-electron chi connectivity index (χ3n) is 3.80. The van der Waals surface area contributed by atoms with Crippen LogP contribution in [0, 0.1) is 10.1 Å². The number of carboxylic acids is 1. The van der Waals surface area contributed by atoms with E-state index in [2.05, 4.69) is 5.32 Å². The van der Waals surface area contributed by atoms with Gasteiger partial charge < -0.3 is 20.1 Å². The average Bonchev–Trinajstić information content (AvgIpc) is 2.59. The number of nitro groups is 1. The summed E-state index contributed by atoms with van der Waals surface area (Å²) in [5.41, 5.74) is 0.288. The fourth-order valence-electron chi connectivity index (χ4n) is 2.46. The predicted molar refractivity (Wildman–Crippen MR) is 85.3 cm³/mol. The summed E-state index contributed by atoms with van der Waals surface area (Å²) in [6, 6.07) is 3.12. The highest BCUT2D eigenvalue weighted by atomic mass is 16.6. The minimum atomic E-state index is -1.15. The van der Waals surface area contributed by atoms with Crippen LogP contribution in [-0.4, -0.2) is 54.3 Å². The lowest BCUT2D eigenvalue weighted by Crippen LogP contribution is -2.40. The number of carbonyl (C=O) groups excluding carboxylic acids is 1. The SMILES string of the molecule is CCC(NC(=O)c1ccc(N2CCOCC2)c([N+](=O)[O-])c1)C(=O)O. The van der Waals surface area contributed by atoms with Crippen LogP contribution in [0.1, 0.15) is 23.7 Å². The maximum atomic E-state index is 12.2. The van der Waals surface area contributed by atoms with E-state index in [1.54, 1.807) is 6.92 Å². The van der Waals surface area contributed by atoms with Gasteiger partial charge in [-0.2, -0.15) is 0 Å².